The number of carbonyl (C=O) groups is 2. The summed E-state index contributed by atoms with van der Waals surface area (Å²) in [5.74, 6) is -0.386. The van der Waals surface area contributed by atoms with Crippen LogP contribution >= 0.6 is 0 Å². The molecular weight excluding hydrogens is 198 g/mol. The Balaban J connectivity index is 2.27. The molecule has 0 saturated carbocycles. The third-order valence-electron chi connectivity index (χ3n) is 2.34. The van der Waals surface area contributed by atoms with E-state index < -0.39 is 6.10 Å². The molecule has 0 aliphatic carbocycles. The highest BCUT2D eigenvalue weighted by atomic mass is 16.3. The van der Waals surface area contributed by atoms with Crippen molar-refractivity contribution in [3.05, 3.63) is 0 Å². The summed E-state index contributed by atoms with van der Waals surface area (Å²) >= 11 is 0. The van der Waals surface area contributed by atoms with E-state index in [9.17, 15) is 14.7 Å². The van der Waals surface area contributed by atoms with Gasteiger partial charge in [0.15, 0.2) is 0 Å². The van der Waals surface area contributed by atoms with Crippen LogP contribution in [0.3, 0.4) is 0 Å². The molecule has 1 fully saturated rings. The molecule has 86 valence electrons. The van der Waals surface area contributed by atoms with Crippen molar-refractivity contribution in [2.75, 3.05) is 27.2 Å². The number of hydrogen-bond donors (Lipinski definition) is 3. The lowest BCUT2D eigenvalue weighted by atomic mass is 10.2. The van der Waals surface area contributed by atoms with Gasteiger partial charge >= 0.3 is 0 Å². The minimum Gasteiger partial charge on any atom is -0.392 e. The van der Waals surface area contributed by atoms with E-state index in [1.54, 1.807) is 14.1 Å². The van der Waals surface area contributed by atoms with E-state index in [0.717, 1.165) is 0 Å². The first-order valence-corrected chi connectivity index (χ1v) is 4.90. The van der Waals surface area contributed by atoms with Crippen LogP contribution in [0.25, 0.3) is 0 Å². The Morgan fingerprint density at radius 1 is 1.53 bits per heavy atom. The minimum atomic E-state index is -0.467. The summed E-state index contributed by atoms with van der Waals surface area (Å²) in [5.41, 5.74) is 0. The monoisotopic (exact) mass is 215 g/mol. The fourth-order valence-electron chi connectivity index (χ4n) is 1.36. The summed E-state index contributed by atoms with van der Waals surface area (Å²) in [4.78, 5) is 24.0. The number of amides is 2. The van der Waals surface area contributed by atoms with Crippen molar-refractivity contribution in [1.82, 2.24) is 15.5 Å². The summed E-state index contributed by atoms with van der Waals surface area (Å²) in [6.45, 7) is 0.430. The molecule has 0 aromatic carbocycles. The van der Waals surface area contributed by atoms with Crippen LogP contribution in [0.1, 0.15) is 6.42 Å². The second kappa shape index (κ2) is 5.09. The normalized spacial score (nSPS) is 25.0. The Labute approximate surface area is 88.6 Å². The van der Waals surface area contributed by atoms with Crippen LogP contribution < -0.4 is 10.6 Å². The van der Waals surface area contributed by atoms with Crippen LogP contribution in [0.4, 0.5) is 0 Å². The molecule has 0 bridgehead atoms. The van der Waals surface area contributed by atoms with Gasteiger partial charge in [-0.25, -0.2) is 0 Å². The maximum Gasteiger partial charge on any atom is 0.241 e. The molecule has 0 aromatic rings. The molecule has 1 heterocycles. The molecule has 2 unspecified atom stereocenters. The van der Waals surface area contributed by atoms with Gasteiger partial charge in [-0.05, 0) is 6.42 Å². The van der Waals surface area contributed by atoms with Crippen LogP contribution in [0.15, 0.2) is 0 Å². The number of aliphatic hydroxyl groups is 1. The molecule has 1 aliphatic heterocycles. The number of β-amino-alcohol motifs (C(OH)–C–C–N with tert-alkyl or cyclic N) is 1. The third-order valence-corrected chi connectivity index (χ3v) is 2.34. The predicted molar refractivity (Wildman–Crippen MR) is 54.1 cm³/mol. The van der Waals surface area contributed by atoms with Crippen LogP contribution in [0.2, 0.25) is 0 Å². The fourth-order valence-corrected chi connectivity index (χ4v) is 1.36. The highest BCUT2D eigenvalue weighted by Crippen LogP contribution is 2.05. The first kappa shape index (κ1) is 11.9. The number of aliphatic hydroxyl groups excluding tert-OH is 1. The summed E-state index contributed by atoms with van der Waals surface area (Å²) in [7, 11) is 3.26. The molecule has 0 radical (unpaired) electrons. The highest BCUT2D eigenvalue weighted by molar-refractivity contribution is 5.87. The minimum absolute atomic E-state index is 0.000108. The van der Waals surface area contributed by atoms with Crippen LogP contribution in [-0.4, -0.2) is 61.2 Å². The highest BCUT2D eigenvalue weighted by Gasteiger charge is 2.27. The zero-order valence-electron chi connectivity index (χ0n) is 8.99. The van der Waals surface area contributed by atoms with Crippen LogP contribution in [-0.2, 0) is 9.59 Å². The number of hydrogen-bond acceptors (Lipinski definition) is 4. The van der Waals surface area contributed by atoms with Crippen molar-refractivity contribution in [2.45, 2.75) is 18.6 Å². The van der Waals surface area contributed by atoms with Crippen molar-refractivity contribution in [3.63, 3.8) is 0 Å². The molecule has 3 N–H and O–H groups in total. The molecule has 15 heavy (non-hydrogen) atoms. The van der Waals surface area contributed by atoms with Gasteiger partial charge in [0.25, 0.3) is 0 Å². The van der Waals surface area contributed by atoms with E-state index in [0.29, 0.717) is 13.0 Å². The van der Waals surface area contributed by atoms with E-state index in [-0.39, 0.29) is 24.4 Å². The SMILES string of the molecule is CN(C)C(=O)CNC(=O)C1CC(O)CN1. The summed E-state index contributed by atoms with van der Waals surface area (Å²) in [6.07, 6.45) is -0.0626. The Hall–Kier alpha value is -1.14. The summed E-state index contributed by atoms with van der Waals surface area (Å²) < 4.78 is 0. The average Bonchev–Trinajstić information content (AvgIpc) is 2.60. The number of nitrogens with zero attached hydrogens (tertiary/aromatic N) is 1. The number of rotatable bonds is 3. The van der Waals surface area contributed by atoms with E-state index in [1.807, 2.05) is 0 Å². The largest absolute Gasteiger partial charge is 0.392 e. The Morgan fingerprint density at radius 2 is 2.20 bits per heavy atom. The summed E-state index contributed by atoms with van der Waals surface area (Å²) in [5, 5.41) is 14.6. The number of nitrogens with one attached hydrogen (secondary N) is 2. The van der Waals surface area contributed by atoms with Gasteiger partial charge in [-0.15, -0.1) is 0 Å². The van der Waals surface area contributed by atoms with E-state index in [1.165, 1.54) is 4.90 Å². The van der Waals surface area contributed by atoms with E-state index >= 15 is 0 Å². The van der Waals surface area contributed by atoms with Gasteiger partial charge in [0, 0.05) is 20.6 Å². The Morgan fingerprint density at radius 3 is 2.67 bits per heavy atom. The molecule has 1 aliphatic rings. The fraction of sp³-hybridized carbons (Fsp3) is 0.778. The molecule has 1 saturated heterocycles. The molecule has 6 heteroatoms. The molecule has 2 atom stereocenters. The van der Waals surface area contributed by atoms with Gasteiger partial charge < -0.3 is 20.6 Å². The van der Waals surface area contributed by atoms with Crippen molar-refractivity contribution in [2.24, 2.45) is 0 Å². The van der Waals surface area contributed by atoms with Gasteiger partial charge in [0.05, 0.1) is 18.7 Å². The summed E-state index contributed by atoms with van der Waals surface area (Å²) in [6, 6.07) is -0.380. The van der Waals surface area contributed by atoms with Gasteiger partial charge in [0.1, 0.15) is 0 Å². The lowest BCUT2D eigenvalue weighted by Crippen LogP contribution is -2.44. The molecule has 0 aromatic heterocycles. The Bertz CT molecular complexity index is 255. The first-order chi connectivity index (χ1) is 7.00. The van der Waals surface area contributed by atoms with Gasteiger partial charge in [-0.2, -0.15) is 0 Å². The number of carbonyl (C=O) groups excluding carboxylic acids is 2. The van der Waals surface area contributed by atoms with Crippen molar-refractivity contribution >= 4 is 11.8 Å². The Kier molecular flexibility index (Phi) is 4.05. The maximum absolute atomic E-state index is 11.5. The average molecular weight is 215 g/mol. The molecule has 1 rings (SSSR count). The first-order valence-electron chi connectivity index (χ1n) is 4.90. The molecule has 0 spiro atoms. The van der Waals surface area contributed by atoms with Gasteiger partial charge in [-0.3, -0.25) is 9.59 Å². The van der Waals surface area contributed by atoms with Crippen LogP contribution in [0, 0.1) is 0 Å². The van der Waals surface area contributed by atoms with Crippen molar-refractivity contribution < 1.29 is 14.7 Å². The lowest BCUT2D eigenvalue weighted by molar-refractivity contribution is -0.131. The van der Waals surface area contributed by atoms with E-state index in [2.05, 4.69) is 10.6 Å². The zero-order valence-corrected chi connectivity index (χ0v) is 8.99. The topological polar surface area (TPSA) is 81.7 Å². The lowest BCUT2D eigenvalue weighted by Gasteiger charge is -2.13. The predicted octanol–water partition coefficient (Wildman–Crippen LogP) is -2.09. The molecular formula is C9H17N3O3. The zero-order chi connectivity index (χ0) is 11.4. The number of likely N-dealkylation sites (N-methyl/N-ethyl adjacent to an activating group) is 1. The van der Waals surface area contributed by atoms with Gasteiger partial charge in [-0.1, -0.05) is 0 Å². The molecule has 2 amide bonds. The van der Waals surface area contributed by atoms with Crippen LogP contribution in [0.5, 0.6) is 0 Å². The van der Waals surface area contributed by atoms with Crippen molar-refractivity contribution in [3.8, 4) is 0 Å². The smallest absolute Gasteiger partial charge is 0.241 e. The van der Waals surface area contributed by atoms with Gasteiger partial charge in [0.2, 0.25) is 11.8 Å². The van der Waals surface area contributed by atoms with Crippen molar-refractivity contribution in [1.29, 1.82) is 0 Å². The quantitative estimate of drug-likeness (QED) is 0.504. The maximum atomic E-state index is 11.5. The third kappa shape index (κ3) is 3.49. The second-order valence-electron chi connectivity index (χ2n) is 3.86. The standard InChI is InChI=1S/C9H17N3O3/c1-12(2)8(14)5-11-9(15)7-3-6(13)4-10-7/h6-7,10,13H,3-5H2,1-2H3,(H,11,15). The second-order valence-corrected chi connectivity index (χ2v) is 3.86. The molecule has 6 nitrogen and oxygen atoms in total. The van der Waals surface area contributed by atoms with E-state index in [4.69, 9.17) is 0 Å².